The van der Waals surface area contributed by atoms with Gasteiger partial charge in [0.25, 0.3) is 0 Å². The van der Waals surface area contributed by atoms with Gasteiger partial charge in [-0.1, -0.05) is 29.5 Å². The van der Waals surface area contributed by atoms with E-state index in [1.165, 1.54) is 29.8 Å². The molecule has 0 radical (unpaired) electrons. The first-order valence-corrected chi connectivity index (χ1v) is 10.0. The van der Waals surface area contributed by atoms with Crippen LogP contribution in [0.3, 0.4) is 0 Å². The molecule has 0 aliphatic carbocycles. The molecular weight excluding hydrogens is 394 g/mol. The number of benzene rings is 2. The van der Waals surface area contributed by atoms with Gasteiger partial charge in [-0.25, -0.2) is 9.78 Å². The number of hydrazone groups is 1. The summed E-state index contributed by atoms with van der Waals surface area (Å²) in [5.74, 6) is 0.401. The van der Waals surface area contributed by atoms with Gasteiger partial charge >= 0.3 is 5.97 Å². The highest BCUT2D eigenvalue weighted by atomic mass is 32.1. The van der Waals surface area contributed by atoms with Crippen LogP contribution >= 0.6 is 22.7 Å². The van der Waals surface area contributed by atoms with E-state index in [1.54, 1.807) is 36.5 Å². The van der Waals surface area contributed by atoms with E-state index >= 15 is 0 Å². The largest absolute Gasteiger partial charge is 0.493 e. The number of fused-ring (bicyclic) bond motifs is 1. The minimum absolute atomic E-state index is 0.359. The molecule has 28 heavy (non-hydrogen) atoms. The van der Waals surface area contributed by atoms with Crippen molar-refractivity contribution in [3.63, 3.8) is 0 Å². The van der Waals surface area contributed by atoms with Crippen LogP contribution < -0.4 is 14.9 Å². The van der Waals surface area contributed by atoms with E-state index in [2.05, 4.69) is 15.5 Å². The van der Waals surface area contributed by atoms with Crippen molar-refractivity contribution in [3.05, 3.63) is 70.4 Å². The Balaban J connectivity index is 1.46. The van der Waals surface area contributed by atoms with E-state index in [1.807, 2.05) is 29.6 Å². The number of aromatic nitrogens is 1. The summed E-state index contributed by atoms with van der Waals surface area (Å²) in [6, 6.07) is 16.7. The lowest BCUT2D eigenvalue weighted by molar-refractivity contribution is 0.0735. The van der Waals surface area contributed by atoms with Gasteiger partial charge in [0.15, 0.2) is 11.5 Å². The molecule has 0 atom stereocenters. The Morgan fingerprint density at radius 3 is 2.82 bits per heavy atom. The fourth-order valence-corrected chi connectivity index (χ4v) is 3.89. The van der Waals surface area contributed by atoms with Crippen molar-refractivity contribution in [2.75, 3.05) is 12.5 Å². The number of nitrogens with zero attached hydrogens (tertiary/aromatic N) is 2. The molecular formula is C20H15N3O3S2. The zero-order chi connectivity index (χ0) is 19.3. The number of nitrogens with one attached hydrogen (secondary N) is 1. The number of thiophene rings is 1. The van der Waals surface area contributed by atoms with Crippen LogP contribution in [-0.4, -0.2) is 24.3 Å². The smallest absolute Gasteiger partial charge is 0.353 e. The number of para-hydroxylation sites is 1. The number of hydrogen-bond acceptors (Lipinski definition) is 8. The molecule has 0 saturated heterocycles. The Labute approximate surface area is 169 Å². The Kier molecular flexibility index (Phi) is 5.31. The molecule has 1 N–H and O–H groups in total. The summed E-state index contributed by atoms with van der Waals surface area (Å²) in [5.41, 5.74) is 4.66. The maximum atomic E-state index is 12.1. The van der Waals surface area contributed by atoms with Gasteiger partial charge in [0.2, 0.25) is 5.13 Å². The van der Waals surface area contributed by atoms with E-state index in [0.29, 0.717) is 21.5 Å². The summed E-state index contributed by atoms with van der Waals surface area (Å²) in [5, 5.41) is 6.76. The molecule has 2 heterocycles. The van der Waals surface area contributed by atoms with Crippen LogP contribution in [0.25, 0.3) is 10.2 Å². The lowest BCUT2D eigenvalue weighted by Gasteiger charge is -2.09. The minimum atomic E-state index is -0.410. The topological polar surface area (TPSA) is 72.8 Å². The van der Waals surface area contributed by atoms with Crippen molar-refractivity contribution in [1.82, 2.24) is 4.98 Å². The lowest BCUT2D eigenvalue weighted by Crippen LogP contribution is -2.07. The number of rotatable bonds is 6. The summed E-state index contributed by atoms with van der Waals surface area (Å²) in [4.78, 5) is 17.1. The fourth-order valence-electron chi connectivity index (χ4n) is 2.48. The van der Waals surface area contributed by atoms with Crippen LogP contribution in [0.5, 0.6) is 11.5 Å². The van der Waals surface area contributed by atoms with Crippen LogP contribution in [0, 0.1) is 0 Å². The molecule has 8 heteroatoms. The first kappa shape index (κ1) is 18.1. The molecule has 0 aliphatic heterocycles. The molecule has 0 amide bonds. The maximum absolute atomic E-state index is 12.1. The van der Waals surface area contributed by atoms with Crippen LogP contribution in [0.1, 0.15) is 15.2 Å². The van der Waals surface area contributed by atoms with Crippen molar-refractivity contribution in [1.29, 1.82) is 0 Å². The highest BCUT2D eigenvalue weighted by Crippen LogP contribution is 2.29. The summed E-state index contributed by atoms with van der Waals surface area (Å²) < 4.78 is 11.9. The number of hydrogen-bond donors (Lipinski definition) is 1. The molecule has 6 nitrogen and oxygen atoms in total. The second-order valence-electron chi connectivity index (χ2n) is 5.63. The third kappa shape index (κ3) is 4.03. The Hall–Kier alpha value is -3.23. The molecule has 0 fully saturated rings. The molecule has 0 aliphatic rings. The van der Waals surface area contributed by atoms with E-state index < -0.39 is 5.97 Å². The third-order valence-corrected chi connectivity index (χ3v) is 5.57. The van der Waals surface area contributed by atoms with Gasteiger partial charge in [-0.15, -0.1) is 11.3 Å². The van der Waals surface area contributed by atoms with Crippen molar-refractivity contribution in [2.24, 2.45) is 5.10 Å². The standard InChI is InChI=1S/C20H15N3O3S2/c1-25-16-11-13(8-9-15(16)26-19(24)18-7-4-10-27-18)12-21-23-20-22-14-5-2-3-6-17(14)28-20/h2-12H,1H3,(H,22,23)/b21-12+. The van der Waals surface area contributed by atoms with Crippen LogP contribution in [-0.2, 0) is 0 Å². The zero-order valence-electron chi connectivity index (χ0n) is 14.8. The van der Waals surface area contributed by atoms with Gasteiger partial charge in [0.1, 0.15) is 4.88 Å². The van der Waals surface area contributed by atoms with E-state index in [4.69, 9.17) is 9.47 Å². The van der Waals surface area contributed by atoms with E-state index in [-0.39, 0.29) is 0 Å². The Bertz CT molecular complexity index is 1100. The monoisotopic (exact) mass is 409 g/mol. The molecule has 0 unspecified atom stereocenters. The van der Waals surface area contributed by atoms with Crippen molar-refractivity contribution in [3.8, 4) is 11.5 Å². The minimum Gasteiger partial charge on any atom is -0.493 e. The second kappa shape index (κ2) is 8.20. The van der Waals surface area contributed by atoms with E-state index in [9.17, 15) is 4.79 Å². The van der Waals surface area contributed by atoms with Gasteiger partial charge in [0, 0.05) is 0 Å². The number of carbonyl (C=O) groups is 1. The molecule has 4 aromatic rings. The third-order valence-electron chi connectivity index (χ3n) is 3.78. The summed E-state index contributed by atoms with van der Waals surface area (Å²) >= 11 is 2.86. The first-order valence-electron chi connectivity index (χ1n) is 8.31. The van der Waals surface area contributed by atoms with E-state index in [0.717, 1.165) is 15.8 Å². The predicted octanol–water partition coefficient (Wildman–Crippen LogP) is 5.03. The first-order chi connectivity index (χ1) is 13.7. The van der Waals surface area contributed by atoms with Gasteiger partial charge in [-0.05, 0) is 47.3 Å². The number of methoxy groups -OCH3 is 1. The maximum Gasteiger partial charge on any atom is 0.353 e. The van der Waals surface area contributed by atoms with Crippen molar-refractivity contribution in [2.45, 2.75) is 0 Å². The Morgan fingerprint density at radius 1 is 1.14 bits per heavy atom. The normalized spacial score (nSPS) is 11.0. The van der Waals surface area contributed by atoms with Gasteiger partial charge in [0.05, 0.1) is 23.5 Å². The lowest BCUT2D eigenvalue weighted by atomic mass is 10.2. The summed E-state index contributed by atoms with van der Waals surface area (Å²) in [7, 11) is 1.53. The number of carbonyl (C=O) groups excluding carboxylic acids is 1. The molecule has 0 spiro atoms. The average molecular weight is 409 g/mol. The Morgan fingerprint density at radius 2 is 2.04 bits per heavy atom. The van der Waals surface area contributed by atoms with Crippen LogP contribution in [0.2, 0.25) is 0 Å². The SMILES string of the molecule is COc1cc(/C=N/Nc2nc3ccccc3s2)ccc1OC(=O)c1cccs1. The molecule has 2 aromatic heterocycles. The van der Waals surface area contributed by atoms with Crippen molar-refractivity contribution >= 4 is 50.2 Å². The second-order valence-corrected chi connectivity index (χ2v) is 7.61. The molecule has 0 bridgehead atoms. The number of ether oxygens (including phenoxy) is 2. The van der Waals surface area contributed by atoms with Crippen molar-refractivity contribution < 1.29 is 14.3 Å². The number of anilines is 1. The molecule has 4 rings (SSSR count). The quantitative estimate of drug-likeness (QED) is 0.209. The molecule has 140 valence electrons. The fraction of sp³-hybridized carbons (Fsp3) is 0.0500. The summed E-state index contributed by atoms with van der Waals surface area (Å²) in [6.07, 6.45) is 1.65. The summed E-state index contributed by atoms with van der Waals surface area (Å²) in [6.45, 7) is 0. The zero-order valence-corrected chi connectivity index (χ0v) is 16.4. The van der Waals surface area contributed by atoms with Gasteiger partial charge in [-0.3, -0.25) is 5.43 Å². The molecule has 0 saturated carbocycles. The molecule has 2 aromatic carbocycles. The highest BCUT2D eigenvalue weighted by Gasteiger charge is 2.13. The number of esters is 1. The predicted molar refractivity (Wildman–Crippen MR) is 113 cm³/mol. The average Bonchev–Trinajstić information content (AvgIpc) is 3.38. The highest BCUT2D eigenvalue weighted by molar-refractivity contribution is 7.22. The van der Waals surface area contributed by atoms with Crippen LogP contribution in [0.15, 0.2) is 65.1 Å². The van der Waals surface area contributed by atoms with Gasteiger partial charge in [-0.2, -0.15) is 5.10 Å². The van der Waals surface area contributed by atoms with Gasteiger partial charge < -0.3 is 9.47 Å². The van der Waals surface area contributed by atoms with Crippen LogP contribution in [0.4, 0.5) is 5.13 Å². The number of thiazole rings is 1.